The summed E-state index contributed by atoms with van der Waals surface area (Å²) in [7, 11) is 0. The summed E-state index contributed by atoms with van der Waals surface area (Å²) in [5, 5.41) is 4.11. The molecule has 0 amide bonds. The van der Waals surface area contributed by atoms with Crippen molar-refractivity contribution in [2.24, 2.45) is 0 Å². The normalized spacial score (nSPS) is 12.6. The van der Waals surface area contributed by atoms with Crippen molar-refractivity contribution in [3.05, 3.63) is 50.7 Å². The van der Waals surface area contributed by atoms with Gasteiger partial charge in [0.1, 0.15) is 5.82 Å². The van der Waals surface area contributed by atoms with Gasteiger partial charge < -0.3 is 5.32 Å². The fraction of sp³-hybridized carbons (Fsp3) is 0.400. The van der Waals surface area contributed by atoms with Gasteiger partial charge in [0.05, 0.1) is 11.2 Å². The number of nitrogens with zero attached hydrogens (tertiary/aromatic N) is 1. The number of halogens is 2. The number of hydrogen-bond acceptors (Lipinski definition) is 3. The van der Waals surface area contributed by atoms with Crippen LogP contribution in [-0.4, -0.2) is 11.5 Å². The van der Waals surface area contributed by atoms with E-state index in [-0.39, 0.29) is 11.9 Å². The molecule has 1 aromatic heterocycles. The van der Waals surface area contributed by atoms with Crippen molar-refractivity contribution in [3.8, 4) is 0 Å². The number of hydrogen-bond donors (Lipinski definition) is 1. The van der Waals surface area contributed by atoms with E-state index in [2.05, 4.69) is 17.2 Å². The molecule has 1 atom stereocenters. The van der Waals surface area contributed by atoms with Gasteiger partial charge in [0.2, 0.25) is 0 Å². The maximum Gasteiger partial charge on any atom is 0.123 e. The third kappa shape index (κ3) is 3.78. The SMILES string of the molecule is CCCNC(Cc1cc(F)ccc1Cl)c1scnc1C. The summed E-state index contributed by atoms with van der Waals surface area (Å²) >= 11 is 7.80. The average molecular weight is 313 g/mol. The number of aromatic nitrogens is 1. The quantitative estimate of drug-likeness (QED) is 0.848. The summed E-state index contributed by atoms with van der Waals surface area (Å²) in [5.41, 5.74) is 3.70. The van der Waals surface area contributed by atoms with Crippen LogP contribution >= 0.6 is 22.9 Å². The maximum absolute atomic E-state index is 13.4. The number of thiazole rings is 1. The molecule has 5 heteroatoms. The summed E-state index contributed by atoms with van der Waals surface area (Å²) in [6.45, 7) is 5.04. The van der Waals surface area contributed by atoms with E-state index in [9.17, 15) is 4.39 Å². The van der Waals surface area contributed by atoms with Crippen molar-refractivity contribution in [2.45, 2.75) is 32.7 Å². The molecular weight excluding hydrogens is 295 g/mol. The molecule has 2 aromatic rings. The monoisotopic (exact) mass is 312 g/mol. The Morgan fingerprint density at radius 1 is 1.45 bits per heavy atom. The van der Waals surface area contributed by atoms with E-state index in [0.29, 0.717) is 11.4 Å². The molecule has 0 radical (unpaired) electrons. The van der Waals surface area contributed by atoms with Crippen LogP contribution < -0.4 is 5.32 Å². The summed E-state index contributed by atoms with van der Waals surface area (Å²) in [6, 6.07) is 4.64. The van der Waals surface area contributed by atoms with Crippen LogP contribution in [0.1, 0.15) is 35.5 Å². The third-order valence-corrected chi connectivity index (χ3v) is 4.59. The van der Waals surface area contributed by atoms with Gasteiger partial charge in [-0.05, 0) is 50.1 Å². The number of aryl methyl sites for hydroxylation is 1. The standard InChI is InChI=1S/C15H18ClFN2S/c1-3-6-18-14(15-10(2)19-9-20-15)8-11-7-12(17)4-5-13(11)16/h4-5,7,9,14,18H,3,6,8H2,1-2H3. The first-order chi connectivity index (χ1) is 9.61. The molecule has 108 valence electrons. The Labute approximate surface area is 128 Å². The van der Waals surface area contributed by atoms with Crippen LogP contribution in [-0.2, 0) is 6.42 Å². The van der Waals surface area contributed by atoms with Gasteiger partial charge in [0, 0.05) is 15.9 Å². The molecule has 20 heavy (non-hydrogen) atoms. The Balaban J connectivity index is 2.23. The third-order valence-electron chi connectivity index (χ3n) is 3.17. The van der Waals surface area contributed by atoms with Crippen LogP contribution in [0, 0.1) is 12.7 Å². The molecule has 0 bridgehead atoms. The zero-order chi connectivity index (χ0) is 14.5. The van der Waals surface area contributed by atoms with E-state index >= 15 is 0 Å². The van der Waals surface area contributed by atoms with Gasteiger partial charge in [-0.25, -0.2) is 9.37 Å². The van der Waals surface area contributed by atoms with E-state index in [0.717, 1.165) is 24.2 Å². The van der Waals surface area contributed by atoms with Crippen LogP contribution in [0.2, 0.25) is 5.02 Å². The maximum atomic E-state index is 13.4. The minimum Gasteiger partial charge on any atom is -0.309 e. The zero-order valence-electron chi connectivity index (χ0n) is 11.6. The fourth-order valence-electron chi connectivity index (χ4n) is 2.14. The molecular formula is C15H18ClFN2S. The predicted molar refractivity (Wildman–Crippen MR) is 83.0 cm³/mol. The smallest absolute Gasteiger partial charge is 0.123 e. The molecule has 0 spiro atoms. The van der Waals surface area contributed by atoms with Crippen molar-refractivity contribution >= 4 is 22.9 Å². The highest BCUT2D eigenvalue weighted by molar-refractivity contribution is 7.09. The van der Waals surface area contributed by atoms with Crippen molar-refractivity contribution in [1.29, 1.82) is 0 Å². The largest absolute Gasteiger partial charge is 0.309 e. The lowest BCUT2D eigenvalue weighted by Crippen LogP contribution is -2.24. The van der Waals surface area contributed by atoms with Crippen molar-refractivity contribution in [1.82, 2.24) is 10.3 Å². The van der Waals surface area contributed by atoms with Crippen LogP contribution in [0.4, 0.5) is 4.39 Å². The topological polar surface area (TPSA) is 24.9 Å². The highest BCUT2D eigenvalue weighted by Gasteiger charge is 2.17. The Morgan fingerprint density at radius 3 is 2.90 bits per heavy atom. The molecule has 1 heterocycles. The minimum absolute atomic E-state index is 0.127. The Morgan fingerprint density at radius 2 is 2.25 bits per heavy atom. The lowest BCUT2D eigenvalue weighted by atomic mass is 10.0. The second-order valence-electron chi connectivity index (χ2n) is 4.75. The molecule has 1 N–H and O–H groups in total. The summed E-state index contributed by atoms with van der Waals surface area (Å²) in [5.74, 6) is -0.250. The van der Waals surface area contributed by atoms with Crippen LogP contribution in [0.15, 0.2) is 23.7 Å². The summed E-state index contributed by atoms with van der Waals surface area (Å²) in [4.78, 5) is 5.49. The second kappa shape index (κ2) is 7.16. The second-order valence-corrected chi connectivity index (χ2v) is 6.04. The zero-order valence-corrected chi connectivity index (χ0v) is 13.2. The Bertz CT molecular complexity index is 571. The van der Waals surface area contributed by atoms with Gasteiger partial charge in [-0.2, -0.15) is 0 Å². The van der Waals surface area contributed by atoms with E-state index in [1.807, 2.05) is 12.4 Å². The van der Waals surface area contributed by atoms with Crippen LogP contribution in [0.5, 0.6) is 0 Å². The minimum atomic E-state index is -0.250. The molecule has 0 aliphatic heterocycles. The van der Waals surface area contributed by atoms with Gasteiger partial charge >= 0.3 is 0 Å². The number of benzene rings is 1. The lowest BCUT2D eigenvalue weighted by molar-refractivity contribution is 0.531. The molecule has 0 fully saturated rings. The molecule has 1 aromatic carbocycles. The number of nitrogens with one attached hydrogen (secondary N) is 1. The first-order valence-electron chi connectivity index (χ1n) is 6.69. The molecule has 0 aliphatic carbocycles. The molecule has 2 rings (SSSR count). The number of rotatable bonds is 6. The molecule has 0 aliphatic rings. The Kier molecular flexibility index (Phi) is 5.52. The fourth-order valence-corrected chi connectivity index (χ4v) is 3.21. The van der Waals surface area contributed by atoms with Gasteiger partial charge in [0.25, 0.3) is 0 Å². The van der Waals surface area contributed by atoms with Crippen LogP contribution in [0.25, 0.3) is 0 Å². The van der Waals surface area contributed by atoms with E-state index in [1.54, 1.807) is 17.4 Å². The van der Waals surface area contributed by atoms with E-state index in [4.69, 9.17) is 11.6 Å². The predicted octanol–water partition coefficient (Wildman–Crippen LogP) is 4.53. The van der Waals surface area contributed by atoms with Gasteiger partial charge in [-0.15, -0.1) is 11.3 Å². The van der Waals surface area contributed by atoms with Gasteiger partial charge in [-0.3, -0.25) is 0 Å². The van der Waals surface area contributed by atoms with E-state index < -0.39 is 0 Å². The first-order valence-corrected chi connectivity index (χ1v) is 7.95. The van der Waals surface area contributed by atoms with Gasteiger partial charge in [-0.1, -0.05) is 18.5 Å². The van der Waals surface area contributed by atoms with Crippen molar-refractivity contribution < 1.29 is 4.39 Å². The highest BCUT2D eigenvalue weighted by Crippen LogP contribution is 2.28. The van der Waals surface area contributed by atoms with Crippen molar-refractivity contribution in [3.63, 3.8) is 0 Å². The van der Waals surface area contributed by atoms with Crippen LogP contribution in [0.3, 0.4) is 0 Å². The van der Waals surface area contributed by atoms with Crippen molar-refractivity contribution in [2.75, 3.05) is 6.54 Å². The molecule has 1 unspecified atom stereocenters. The summed E-state index contributed by atoms with van der Waals surface area (Å²) in [6.07, 6.45) is 1.71. The first kappa shape index (κ1) is 15.4. The molecule has 0 saturated carbocycles. The molecule has 2 nitrogen and oxygen atoms in total. The van der Waals surface area contributed by atoms with Gasteiger partial charge in [0.15, 0.2) is 0 Å². The highest BCUT2D eigenvalue weighted by atomic mass is 35.5. The Hall–Kier alpha value is -0.970. The summed E-state index contributed by atoms with van der Waals surface area (Å²) < 4.78 is 13.4. The average Bonchev–Trinajstić information content (AvgIpc) is 2.84. The molecule has 0 saturated heterocycles. The van der Waals surface area contributed by atoms with E-state index in [1.165, 1.54) is 17.0 Å². The lowest BCUT2D eigenvalue weighted by Gasteiger charge is -2.18.